The van der Waals surface area contributed by atoms with Gasteiger partial charge in [0.2, 0.25) is 0 Å². The van der Waals surface area contributed by atoms with E-state index in [9.17, 15) is 0 Å². The number of rotatable bonds is 3. The SMILES string of the molecule is CCc1ccccc1Nc1cc(Cl)nc2ncnn12. The number of aromatic nitrogens is 4. The molecule has 0 fully saturated rings. The molecule has 0 spiro atoms. The quantitative estimate of drug-likeness (QED) is 0.745. The number of aryl methyl sites for hydroxylation is 1. The van der Waals surface area contributed by atoms with E-state index in [4.69, 9.17) is 11.6 Å². The third kappa shape index (κ3) is 2.24. The topological polar surface area (TPSA) is 55.1 Å². The summed E-state index contributed by atoms with van der Waals surface area (Å²) in [5.74, 6) is 1.22. The van der Waals surface area contributed by atoms with Crippen molar-refractivity contribution in [2.75, 3.05) is 5.32 Å². The highest BCUT2D eigenvalue weighted by Gasteiger charge is 2.08. The van der Waals surface area contributed by atoms with E-state index < -0.39 is 0 Å². The zero-order valence-corrected chi connectivity index (χ0v) is 11.1. The maximum atomic E-state index is 5.99. The molecule has 2 aromatic heterocycles. The van der Waals surface area contributed by atoms with Gasteiger partial charge in [-0.2, -0.15) is 19.6 Å². The fraction of sp³-hybridized carbons (Fsp3) is 0.154. The molecule has 0 bridgehead atoms. The van der Waals surface area contributed by atoms with E-state index in [1.54, 1.807) is 10.6 Å². The Kier molecular flexibility index (Phi) is 3.05. The van der Waals surface area contributed by atoms with E-state index >= 15 is 0 Å². The summed E-state index contributed by atoms with van der Waals surface area (Å²) in [6.45, 7) is 2.12. The van der Waals surface area contributed by atoms with E-state index in [0.29, 0.717) is 10.9 Å². The minimum Gasteiger partial charge on any atom is -0.340 e. The summed E-state index contributed by atoms with van der Waals surface area (Å²) in [4.78, 5) is 8.14. The van der Waals surface area contributed by atoms with Crippen LogP contribution in [0.1, 0.15) is 12.5 Å². The van der Waals surface area contributed by atoms with Crippen molar-refractivity contribution in [3.8, 4) is 0 Å². The first-order chi connectivity index (χ1) is 9.28. The highest BCUT2D eigenvalue weighted by Crippen LogP contribution is 2.22. The Hall–Kier alpha value is -2.14. The molecule has 0 unspecified atom stereocenters. The smallest absolute Gasteiger partial charge is 0.255 e. The second-order valence-electron chi connectivity index (χ2n) is 4.07. The van der Waals surface area contributed by atoms with Gasteiger partial charge in [0.1, 0.15) is 17.3 Å². The van der Waals surface area contributed by atoms with E-state index in [1.807, 2.05) is 18.2 Å². The van der Waals surface area contributed by atoms with Crippen molar-refractivity contribution in [1.29, 1.82) is 0 Å². The van der Waals surface area contributed by atoms with Crippen LogP contribution in [0.15, 0.2) is 36.7 Å². The second-order valence-corrected chi connectivity index (χ2v) is 4.46. The van der Waals surface area contributed by atoms with Crippen LogP contribution in [0.5, 0.6) is 0 Å². The average Bonchev–Trinajstić information content (AvgIpc) is 2.87. The highest BCUT2D eigenvalue weighted by molar-refractivity contribution is 6.29. The summed E-state index contributed by atoms with van der Waals surface area (Å²) in [6, 6.07) is 9.85. The normalized spacial score (nSPS) is 10.8. The van der Waals surface area contributed by atoms with Gasteiger partial charge in [0.05, 0.1) is 0 Å². The third-order valence-electron chi connectivity index (χ3n) is 2.88. The van der Waals surface area contributed by atoms with Crippen molar-refractivity contribution < 1.29 is 0 Å². The van der Waals surface area contributed by atoms with Crippen LogP contribution in [0, 0.1) is 0 Å². The molecule has 5 nitrogen and oxygen atoms in total. The molecule has 2 heterocycles. The maximum absolute atomic E-state index is 5.99. The Balaban J connectivity index is 2.07. The van der Waals surface area contributed by atoms with Gasteiger partial charge in [-0.25, -0.2) is 0 Å². The van der Waals surface area contributed by atoms with E-state index in [1.165, 1.54) is 11.9 Å². The van der Waals surface area contributed by atoms with Crippen LogP contribution in [0.3, 0.4) is 0 Å². The van der Waals surface area contributed by atoms with Crippen LogP contribution >= 0.6 is 11.6 Å². The van der Waals surface area contributed by atoms with Gasteiger partial charge in [-0.15, -0.1) is 0 Å². The van der Waals surface area contributed by atoms with Crippen molar-refractivity contribution in [2.45, 2.75) is 13.3 Å². The zero-order chi connectivity index (χ0) is 13.2. The molecule has 96 valence electrons. The summed E-state index contributed by atoms with van der Waals surface area (Å²) in [7, 11) is 0. The zero-order valence-electron chi connectivity index (χ0n) is 10.3. The predicted octanol–water partition coefficient (Wildman–Crippen LogP) is 3.08. The summed E-state index contributed by atoms with van der Waals surface area (Å²) < 4.78 is 1.62. The number of halogens is 1. The Morgan fingerprint density at radius 1 is 1.32 bits per heavy atom. The Labute approximate surface area is 115 Å². The Morgan fingerprint density at radius 3 is 3.00 bits per heavy atom. The molecule has 19 heavy (non-hydrogen) atoms. The molecule has 1 aromatic carbocycles. The number of nitrogens with zero attached hydrogens (tertiary/aromatic N) is 4. The van der Waals surface area contributed by atoms with Crippen LogP contribution in [0.25, 0.3) is 5.78 Å². The fourth-order valence-electron chi connectivity index (χ4n) is 1.96. The summed E-state index contributed by atoms with van der Waals surface area (Å²) in [5, 5.41) is 7.85. The van der Waals surface area contributed by atoms with Crippen molar-refractivity contribution >= 4 is 28.9 Å². The first kappa shape index (κ1) is 11.9. The highest BCUT2D eigenvalue weighted by atomic mass is 35.5. The van der Waals surface area contributed by atoms with Crippen molar-refractivity contribution in [2.24, 2.45) is 0 Å². The predicted molar refractivity (Wildman–Crippen MR) is 74.9 cm³/mol. The van der Waals surface area contributed by atoms with Crippen LogP contribution in [-0.2, 0) is 6.42 Å². The summed E-state index contributed by atoms with van der Waals surface area (Å²) in [6.07, 6.45) is 2.40. The standard InChI is InChI=1S/C13H12ClN5/c1-2-9-5-3-4-6-10(9)17-12-7-11(14)18-13-15-8-16-19(12)13/h3-8,17H,2H2,1H3. The summed E-state index contributed by atoms with van der Waals surface area (Å²) in [5.41, 5.74) is 2.26. The number of hydrogen-bond acceptors (Lipinski definition) is 4. The van der Waals surface area contributed by atoms with Gasteiger partial charge in [-0.3, -0.25) is 0 Å². The van der Waals surface area contributed by atoms with Gasteiger partial charge in [-0.05, 0) is 18.1 Å². The monoisotopic (exact) mass is 273 g/mol. The third-order valence-corrected chi connectivity index (χ3v) is 3.08. The molecule has 0 aliphatic carbocycles. The van der Waals surface area contributed by atoms with E-state index in [2.05, 4.69) is 33.4 Å². The number of fused-ring (bicyclic) bond motifs is 1. The molecule has 0 aliphatic heterocycles. The lowest BCUT2D eigenvalue weighted by Crippen LogP contribution is -2.03. The van der Waals surface area contributed by atoms with Crippen LogP contribution < -0.4 is 5.32 Å². The largest absolute Gasteiger partial charge is 0.340 e. The Morgan fingerprint density at radius 2 is 2.16 bits per heavy atom. The van der Waals surface area contributed by atoms with Gasteiger partial charge < -0.3 is 5.32 Å². The number of benzene rings is 1. The molecule has 3 aromatic rings. The first-order valence-corrected chi connectivity index (χ1v) is 6.37. The van der Waals surface area contributed by atoms with Crippen LogP contribution in [-0.4, -0.2) is 19.6 Å². The summed E-state index contributed by atoms with van der Waals surface area (Å²) >= 11 is 5.99. The van der Waals surface area contributed by atoms with Crippen molar-refractivity contribution in [3.63, 3.8) is 0 Å². The minimum atomic E-state index is 0.386. The molecule has 0 saturated heterocycles. The number of para-hydroxylation sites is 1. The molecule has 0 amide bonds. The number of hydrogen-bond donors (Lipinski definition) is 1. The second kappa shape index (κ2) is 4.85. The van der Waals surface area contributed by atoms with E-state index in [0.717, 1.165) is 17.9 Å². The van der Waals surface area contributed by atoms with Crippen molar-refractivity contribution in [1.82, 2.24) is 19.6 Å². The van der Waals surface area contributed by atoms with Crippen LogP contribution in [0.4, 0.5) is 11.5 Å². The molecule has 1 N–H and O–H groups in total. The average molecular weight is 274 g/mol. The molecular weight excluding hydrogens is 262 g/mol. The number of nitrogens with one attached hydrogen (secondary N) is 1. The first-order valence-electron chi connectivity index (χ1n) is 5.99. The van der Waals surface area contributed by atoms with E-state index in [-0.39, 0.29) is 0 Å². The molecular formula is C13H12ClN5. The molecule has 0 radical (unpaired) electrons. The molecule has 0 saturated carbocycles. The van der Waals surface area contributed by atoms with Gasteiger partial charge in [0.25, 0.3) is 5.78 Å². The van der Waals surface area contributed by atoms with Gasteiger partial charge in [0, 0.05) is 11.8 Å². The molecule has 6 heteroatoms. The molecule has 0 aliphatic rings. The van der Waals surface area contributed by atoms with Gasteiger partial charge >= 0.3 is 0 Å². The fourth-order valence-corrected chi connectivity index (χ4v) is 2.14. The number of anilines is 2. The van der Waals surface area contributed by atoms with Crippen LogP contribution in [0.2, 0.25) is 5.15 Å². The van der Waals surface area contributed by atoms with Gasteiger partial charge in [-0.1, -0.05) is 36.7 Å². The lowest BCUT2D eigenvalue weighted by atomic mass is 10.1. The Bertz CT molecular complexity index is 722. The molecule has 0 atom stereocenters. The lowest BCUT2D eigenvalue weighted by Gasteiger charge is -2.11. The van der Waals surface area contributed by atoms with Crippen molar-refractivity contribution in [3.05, 3.63) is 47.4 Å². The minimum absolute atomic E-state index is 0.386. The molecule has 3 rings (SSSR count). The van der Waals surface area contributed by atoms with Gasteiger partial charge in [0.15, 0.2) is 0 Å². The lowest BCUT2D eigenvalue weighted by molar-refractivity contribution is 0.946. The maximum Gasteiger partial charge on any atom is 0.255 e.